The highest BCUT2D eigenvalue weighted by atomic mass is 16.5. The van der Waals surface area contributed by atoms with Crippen LogP contribution in [0.5, 0.6) is 5.88 Å². The lowest BCUT2D eigenvalue weighted by atomic mass is 9.99. The summed E-state index contributed by atoms with van der Waals surface area (Å²) in [4.78, 5) is 21.8. The SMILES string of the molecule is NC(Cc1ccc(OCc2ccccc2)nc1)C(=O)N1CCC(N2CCCCC2)CC1. The van der Waals surface area contributed by atoms with E-state index in [1.165, 1.54) is 32.4 Å². The second-order valence-electron chi connectivity index (χ2n) is 8.74. The van der Waals surface area contributed by atoms with Crippen molar-refractivity contribution in [1.29, 1.82) is 0 Å². The molecule has 6 heteroatoms. The minimum absolute atomic E-state index is 0.0569. The van der Waals surface area contributed by atoms with Crippen LogP contribution in [0.1, 0.15) is 43.2 Å². The number of amides is 1. The molecule has 2 saturated heterocycles. The predicted octanol–water partition coefficient (Wildman–Crippen LogP) is 3.01. The van der Waals surface area contributed by atoms with Crippen molar-refractivity contribution in [2.45, 2.75) is 57.2 Å². The van der Waals surface area contributed by atoms with Gasteiger partial charge in [0.2, 0.25) is 11.8 Å². The number of hydrogen-bond acceptors (Lipinski definition) is 5. The van der Waals surface area contributed by atoms with Crippen LogP contribution in [0.2, 0.25) is 0 Å². The van der Waals surface area contributed by atoms with E-state index in [9.17, 15) is 4.79 Å². The zero-order valence-electron chi connectivity index (χ0n) is 18.3. The van der Waals surface area contributed by atoms with E-state index < -0.39 is 6.04 Å². The number of piperidine rings is 2. The molecule has 1 aromatic heterocycles. The Morgan fingerprint density at radius 2 is 1.74 bits per heavy atom. The van der Waals surface area contributed by atoms with Gasteiger partial charge in [0.1, 0.15) is 6.61 Å². The summed E-state index contributed by atoms with van der Waals surface area (Å²) in [5, 5.41) is 0. The van der Waals surface area contributed by atoms with Crippen LogP contribution in [0.25, 0.3) is 0 Å². The molecule has 0 radical (unpaired) electrons. The molecule has 0 aliphatic carbocycles. The summed E-state index contributed by atoms with van der Waals surface area (Å²) < 4.78 is 5.73. The van der Waals surface area contributed by atoms with Crippen molar-refractivity contribution in [3.63, 3.8) is 0 Å². The number of nitrogens with two attached hydrogens (primary N) is 1. The van der Waals surface area contributed by atoms with E-state index in [2.05, 4.69) is 9.88 Å². The number of benzene rings is 1. The Kier molecular flexibility index (Phi) is 7.54. The van der Waals surface area contributed by atoms with Gasteiger partial charge in [-0.25, -0.2) is 4.98 Å². The lowest BCUT2D eigenvalue weighted by molar-refractivity contribution is -0.134. The van der Waals surface area contributed by atoms with Gasteiger partial charge in [-0.3, -0.25) is 4.79 Å². The highest BCUT2D eigenvalue weighted by Crippen LogP contribution is 2.21. The van der Waals surface area contributed by atoms with Gasteiger partial charge in [0.15, 0.2) is 0 Å². The van der Waals surface area contributed by atoms with Crippen molar-refractivity contribution in [2.24, 2.45) is 5.73 Å². The van der Waals surface area contributed by atoms with Gasteiger partial charge in [-0.1, -0.05) is 42.8 Å². The number of hydrogen-bond donors (Lipinski definition) is 1. The van der Waals surface area contributed by atoms with Crippen molar-refractivity contribution < 1.29 is 9.53 Å². The molecular formula is C25H34N4O2. The van der Waals surface area contributed by atoms with Crippen LogP contribution in [0.3, 0.4) is 0 Å². The number of aromatic nitrogens is 1. The maximum atomic E-state index is 12.9. The Morgan fingerprint density at radius 1 is 1.00 bits per heavy atom. The number of rotatable bonds is 7. The first-order chi connectivity index (χ1) is 15.2. The Hall–Kier alpha value is -2.44. The Balaban J connectivity index is 1.22. The van der Waals surface area contributed by atoms with Crippen LogP contribution >= 0.6 is 0 Å². The average Bonchev–Trinajstić information content (AvgIpc) is 2.84. The van der Waals surface area contributed by atoms with Gasteiger partial charge in [-0.2, -0.15) is 0 Å². The fourth-order valence-electron chi connectivity index (χ4n) is 4.66. The molecule has 1 amide bonds. The van der Waals surface area contributed by atoms with E-state index in [0.717, 1.165) is 37.1 Å². The largest absolute Gasteiger partial charge is 0.473 e. The highest BCUT2D eigenvalue weighted by molar-refractivity contribution is 5.82. The van der Waals surface area contributed by atoms with Gasteiger partial charge in [0.05, 0.1) is 6.04 Å². The summed E-state index contributed by atoms with van der Waals surface area (Å²) in [5.41, 5.74) is 8.33. The van der Waals surface area contributed by atoms with Crippen LogP contribution < -0.4 is 10.5 Å². The smallest absolute Gasteiger partial charge is 0.239 e. The van der Waals surface area contributed by atoms with E-state index >= 15 is 0 Å². The van der Waals surface area contributed by atoms with Gasteiger partial charge in [0, 0.05) is 31.4 Å². The third-order valence-corrected chi connectivity index (χ3v) is 6.48. The van der Waals surface area contributed by atoms with Crippen LogP contribution in [0.15, 0.2) is 48.7 Å². The molecule has 0 spiro atoms. The fourth-order valence-corrected chi connectivity index (χ4v) is 4.66. The quantitative estimate of drug-likeness (QED) is 0.743. The van der Waals surface area contributed by atoms with E-state index in [0.29, 0.717) is 24.9 Å². The third kappa shape index (κ3) is 6.05. The topological polar surface area (TPSA) is 71.7 Å². The third-order valence-electron chi connectivity index (χ3n) is 6.48. The first-order valence-corrected chi connectivity index (χ1v) is 11.6. The van der Waals surface area contributed by atoms with Crippen molar-refractivity contribution in [2.75, 3.05) is 26.2 Å². The van der Waals surface area contributed by atoms with Crippen molar-refractivity contribution in [3.8, 4) is 5.88 Å². The number of likely N-dealkylation sites (tertiary alicyclic amines) is 2. The summed E-state index contributed by atoms with van der Waals surface area (Å²) in [5.74, 6) is 0.633. The average molecular weight is 423 g/mol. The standard InChI is InChI=1S/C25H34N4O2/c26-23(25(30)29-15-11-22(12-16-29)28-13-5-2-6-14-28)17-21-9-10-24(27-18-21)31-19-20-7-3-1-4-8-20/h1,3-4,7-10,18,22-23H,2,5-6,11-17,19,26H2. The van der Waals surface area contributed by atoms with Gasteiger partial charge in [-0.05, 0) is 56.3 Å². The van der Waals surface area contributed by atoms with Gasteiger partial charge in [-0.15, -0.1) is 0 Å². The zero-order valence-corrected chi connectivity index (χ0v) is 18.3. The molecule has 1 aromatic carbocycles. The van der Waals surface area contributed by atoms with Crippen LogP contribution in [-0.2, 0) is 17.8 Å². The number of nitrogens with zero attached hydrogens (tertiary/aromatic N) is 3. The Bertz CT molecular complexity index is 813. The second kappa shape index (κ2) is 10.7. The maximum absolute atomic E-state index is 12.9. The lowest BCUT2D eigenvalue weighted by Gasteiger charge is -2.40. The minimum atomic E-state index is -0.524. The molecule has 3 heterocycles. The molecule has 166 valence electrons. The number of carbonyl (C=O) groups excluding carboxylic acids is 1. The summed E-state index contributed by atoms with van der Waals surface area (Å²) in [7, 11) is 0. The van der Waals surface area contributed by atoms with Crippen molar-refractivity contribution in [1.82, 2.24) is 14.8 Å². The Morgan fingerprint density at radius 3 is 2.42 bits per heavy atom. The van der Waals surface area contributed by atoms with E-state index in [4.69, 9.17) is 10.5 Å². The lowest BCUT2D eigenvalue weighted by Crippen LogP contribution is -2.52. The molecule has 2 aliphatic heterocycles. The second-order valence-corrected chi connectivity index (χ2v) is 8.74. The molecule has 4 rings (SSSR count). The van der Waals surface area contributed by atoms with E-state index in [1.54, 1.807) is 6.20 Å². The van der Waals surface area contributed by atoms with Gasteiger partial charge >= 0.3 is 0 Å². The minimum Gasteiger partial charge on any atom is -0.473 e. The zero-order chi connectivity index (χ0) is 21.5. The van der Waals surface area contributed by atoms with Gasteiger partial charge < -0.3 is 20.3 Å². The molecule has 0 bridgehead atoms. The molecule has 6 nitrogen and oxygen atoms in total. The first-order valence-electron chi connectivity index (χ1n) is 11.6. The van der Waals surface area contributed by atoms with Crippen molar-refractivity contribution >= 4 is 5.91 Å². The first kappa shape index (κ1) is 21.8. The summed E-state index contributed by atoms with van der Waals surface area (Å²) in [6, 6.07) is 13.9. The summed E-state index contributed by atoms with van der Waals surface area (Å²) in [6.07, 6.45) is 8.37. The predicted molar refractivity (Wildman–Crippen MR) is 122 cm³/mol. The highest BCUT2D eigenvalue weighted by Gasteiger charge is 2.29. The molecule has 0 saturated carbocycles. The molecule has 2 N–H and O–H groups in total. The van der Waals surface area contributed by atoms with Gasteiger partial charge in [0.25, 0.3) is 0 Å². The molecule has 1 unspecified atom stereocenters. The maximum Gasteiger partial charge on any atom is 0.239 e. The molecule has 31 heavy (non-hydrogen) atoms. The summed E-state index contributed by atoms with van der Waals surface area (Å²) >= 11 is 0. The number of pyridine rings is 1. The monoisotopic (exact) mass is 422 g/mol. The number of carbonyl (C=O) groups is 1. The Labute approximate surface area is 185 Å². The molecule has 2 fully saturated rings. The van der Waals surface area contributed by atoms with E-state index in [-0.39, 0.29) is 5.91 Å². The van der Waals surface area contributed by atoms with Crippen LogP contribution in [0.4, 0.5) is 0 Å². The van der Waals surface area contributed by atoms with Crippen LogP contribution in [0, 0.1) is 0 Å². The van der Waals surface area contributed by atoms with Crippen molar-refractivity contribution in [3.05, 3.63) is 59.8 Å². The molecule has 2 aromatic rings. The molecule has 1 atom stereocenters. The number of ether oxygens (including phenoxy) is 1. The fraction of sp³-hybridized carbons (Fsp3) is 0.520. The van der Waals surface area contributed by atoms with Crippen LogP contribution in [-0.4, -0.2) is 59.0 Å². The normalized spacial score (nSPS) is 19.2. The molecule has 2 aliphatic rings. The summed E-state index contributed by atoms with van der Waals surface area (Å²) in [6.45, 7) is 4.56. The van der Waals surface area contributed by atoms with E-state index in [1.807, 2.05) is 47.4 Å². The molecular weight excluding hydrogens is 388 g/mol.